The molecule has 1 aliphatic rings. The van der Waals surface area contributed by atoms with Crippen LogP contribution in [-0.4, -0.2) is 6.10 Å². The smallest absolute Gasteiger partial charge is 0.123 e. The molecule has 2 N–H and O–H groups in total. The molecular formula is C10H10N2O. The number of hydrogen-bond acceptors (Lipinski definition) is 3. The summed E-state index contributed by atoms with van der Waals surface area (Å²) in [5.74, 6) is 0.707. The van der Waals surface area contributed by atoms with E-state index >= 15 is 0 Å². The van der Waals surface area contributed by atoms with Crippen molar-refractivity contribution in [2.24, 2.45) is 0 Å². The third-order valence-electron chi connectivity index (χ3n) is 1.89. The summed E-state index contributed by atoms with van der Waals surface area (Å²) in [6.45, 7) is 0. The molecule has 0 atom stereocenters. The molecule has 1 saturated carbocycles. The summed E-state index contributed by atoms with van der Waals surface area (Å²) in [7, 11) is 0. The van der Waals surface area contributed by atoms with Gasteiger partial charge in [0, 0.05) is 11.8 Å². The number of ether oxygens (including phenoxy) is 1. The molecule has 0 spiro atoms. The summed E-state index contributed by atoms with van der Waals surface area (Å²) in [5.41, 5.74) is 6.73. The van der Waals surface area contributed by atoms with Crippen LogP contribution in [0.15, 0.2) is 18.2 Å². The zero-order valence-corrected chi connectivity index (χ0v) is 7.16. The van der Waals surface area contributed by atoms with Crippen molar-refractivity contribution in [3.63, 3.8) is 0 Å². The number of hydrogen-bond donors (Lipinski definition) is 1. The quantitative estimate of drug-likeness (QED) is 0.694. The Morgan fingerprint density at radius 2 is 2.15 bits per heavy atom. The molecule has 3 nitrogen and oxygen atoms in total. The fraction of sp³-hybridized carbons (Fsp3) is 0.300. The first kappa shape index (κ1) is 7.93. The van der Waals surface area contributed by atoms with Gasteiger partial charge < -0.3 is 10.5 Å². The largest absolute Gasteiger partial charge is 0.490 e. The summed E-state index contributed by atoms with van der Waals surface area (Å²) < 4.78 is 5.52. The van der Waals surface area contributed by atoms with Crippen molar-refractivity contribution < 1.29 is 4.74 Å². The highest BCUT2D eigenvalue weighted by atomic mass is 16.5. The van der Waals surface area contributed by atoms with E-state index in [0.717, 1.165) is 12.8 Å². The summed E-state index contributed by atoms with van der Waals surface area (Å²) in [5, 5.41) is 8.68. The Balaban J connectivity index is 2.24. The first-order chi connectivity index (χ1) is 6.28. The summed E-state index contributed by atoms with van der Waals surface area (Å²) >= 11 is 0. The molecule has 2 rings (SSSR count). The van der Waals surface area contributed by atoms with Crippen molar-refractivity contribution in [1.82, 2.24) is 0 Å². The Morgan fingerprint density at radius 3 is 2.77 bits per heavy atom. The lowest BCUT2D eigenvalue weighted by atomic mass is 10.2. The fourth-order valence-corrected chi connectivity index (χ4v) is 1.13. The number of anilines is 1. The third kappa shape index (κ3) is 1.91. The molecule has 0 saturated heterocycles. The van der Waals surface area contributed by atoms with Crippen LogP contribution in [-0.2, 0) is 0 Å². The lowest BCUT2D eigenvalue weighted by molar-refractivity contribution is 0.303. The molecule has 0 radical (unpaired) electrons. The average Bonchev–Trinajstić information content (AvgIpc) is 2.87. The zero-order valence-electron chi connectivity index (χ0n) is 7.16. The number of nitriles is 1. The van der Waals surface area contributed by atoms with Gasteiger partial charge in [-0.2, -0.15) is 5.26 Å². The van der Waals surface area contributed by atoms with Crippen LogP contribution in [0.5, 0.6) is 5.75 Å². The molecule has 0 aromatic heterocycles. The Hall–Kier alpha value is -1.69. The number of nitrogen functional groups attached to an aromatic ring is 1. The van der Waals surface area contributed by atoms with Crippen LogP contribution in [0.4, 0.5) is 5.69 Å². The van der Waals surface area contributed by atoms with E-state index in [1.54, 1.807) is 18.2 Å². The van der Waals surface area contributed by atoms with E-state index in [0.29, 0.717) is 23.1 Å². The van der Waals surface area contributed by atoms with Crippen molar-refractivity contribution in [2.45, 2.75) is 18.9 Å². The molecule has 0 heterocycles. The standard InChI is InChI=1S/C10H10N2O/c11-6-7-3-8(12)5-10(4-7)13-9-1-2-9/h3-5,9H,1-2,12H2. The minimum absolute atomic E-state index is 0.341. The van der Waals surface area contributed by atoms with E-state index in [4.69, 9.17) is 15.7 Å². The molecule has 13 heavy (non-hydrogen) atoms. The Labute approximate surface area is 76.7 Å². The Bertz CT molecular complexity index is 364. The maximum Gasteiger partial charge on any atom is 0.123 e. The highest BCUT2D eigenvalue weighted by molar-refractivity contribution is 5.51. The van der Waals surface area contributed by atoms with Gasteiger partial charge in [-0.3, -0.25) is 0 Å². The summed E-state index contributed by atoms with van der Waals surface area (Å²) in [4.78, 5) is 0. The molecule has 0 aliphatic heterocycles. The van der Waals surface area contributed by atoms with Crippen LogP contribution in [0.3, 0.4) is 0 Å². The molecule has 0 bridgehead atoms. The van der Waals surface area contributed by atoms with Crippen LogP contribution in [0.1, 0.15) is 18.4 Å². The minimum atomic E-state index is 0.341. The molecule has 66 valence electrons. The maximum atomic E-state index is 8.68. The van der Waals surface area contributed by atoms with Crippen LogP contribution >= 0.6 is 0 Å². The highest BCUT2D eigenvalue weighted by Gasteiger charge is 2.23. The second-order valence-electron chi connectivity index (χ2n) is 3.22. The fourth-order valence-electron chi connectivity index (χ4n) is 1.13. The number of rotatable bonds is 2. The van der Waals surface area contributed by atoms with E-state index in [1.807, 2.05) is 6.07 Å². The second kappa shape index (κ2) is 2.98. The van der Waals surface area contributed by atoms with Gasteiger partial charge in [-0.25, -0.2) is 0 Å². The van der Waals surface area contributed by atoms with Gasteiger partial charge in [-0.05, 0) is 25.0 Å². The lowest BCUT2D eigenvalue weighted by Crippen LogP contribution is -1.97. The van der Waals surface area contributed by atoms with Gasteiger partial charge in [0.1, 0.15) is 5.75 Å². The molecule has 1 fully saturated rings. The molecular weight excluding hydrogens is 164 g/mol. The molecule has 1 aliphatic carbocycles. The van der Waals surface area contributed by atoms with Gasteiger partial charge in [-0.15, -0.1) is 0 Å². The van der Waals surface area contributed by atoms with Crippen molar-refractivity contribution in [2.75, 3.05) is 5.73 Å². The Kier molecular flexibility index (Phi) is 1.82. The van der Waals surface area contributed by atoms with Crippen LogP contribution in [0, 0.1) is 11.3 Å². The van der Waals surface area contributed by atoms with Gasteiger partial charge in [0.2, 0.25) is 0 Å². The number of benzene rings is 1. The Morgan fingerprint density at radius 1 is 1.38 bits per heavy atom. The number of nitrogens with two attached hydrogens (primary N) is 1. The van der Waals surface area contributed by atoms with Crippen molar-refractivity contribution >= 4 is 5.69 Å². The summed E-state index contributed by atoms with van der Waals surface area (Å²) in [6.07, 6.45) is 2.56. The maximum absolute atomic E-state index is 8.68. The molecule has 0 amide bonds. The van der Waals surface area contributed by atoms with E-state index < -0.39 is 0 Å². The lowest BCUT2D eigenvalue weighted by Gasteiger charge is -2.05. The zero-order chi connectivity index (χ0) is 9.26. The first-order valence-corrected chi connectivity index (χ1v) is 4.25. The van der Waals surface area contributed by atoms with Crippen molar-refractivity contribution in [3.8, 4) is 11.8 Å². The van der Waals surface area contributed by atoms with E-state index in [2.05, 4.69) is 0 Å². The molecule has 1 aromatic rings. The molecule has 1 aromatic carbocycles. The predicted octanol–water partition coefficient (Wildman–Crippen LogP) is 1.68. The van der Waals surface area contributed by atoms with Crippen molar-refractivity contribution in [3.05, 3.63) is 23.8 Å². The normalized spacial score (nSPS) is 15.0. The monoisotopic (exact) mass is 174 g/mol. The topological polar surface area (TPSA) is 59.0 Å². The minimum Gasteiger partial charge on any atom is -0.490 e. The molecule has 0 unspecified atom stereocenters. The van der Waals surface area contributed by atoms with Crippen LogP contribution in [0.2, 0.25) is 0 Å². The third-order valence-corrected chi connectivity index (χ3v) is 1.89. The van der Waals surface area contributed by atoms with Crippen LogP contribution < -0.4 is 10.5 Å². The van der Waals surface area contributed by atoms with Gasteiger partial charge >= 0.3 is 0 Å². The van der Waals surface area contributed by atoms with E-state index in [1.165, 1.54) is 0 Å². The van der Waals surface area contributed by atoms with Crippen LogP contribution in [0.25, 0.3) is 0 Å². The van der Waals surface area contributed by atoms with E-state index in [9.17, 15) is 0 Å². The predicted molar refractivity (Wildman–Crippen MR) is 49.2 cm³/mol. The van der Waals surface area contributed by atoms with Gasteiger partial charge in [0.15, 0.2) is 0 Å². The summed E-state index contributed by atoms with van der Waals surface area (Å²) in [6, 6.07) is 7.15. The van der Waals surface area contributed by atoms with Gasteiger partial charge in [0.25, 0.3) is 0 Å². The average molecular weight is 174 g/mol. The van der Waals surface area contributed by atoms with E-state index in [-0.39, 0.29) is 0 Å². The number of nitrogens with zero attached hydrogens (tertiary/aromatic N) is 1. The highest BCUT2D eigenvalue weighted by Crippen LogP contribution is 2.28. The van der Waals surface area contributed by atoms with Gasteiger partial charge in [0.05, 0.1) is 17.7 Å². The second-order valence-corrected chi connectivity index (χ2v) is 3.22. The molecule has 3 heteroatoms. The van der Waals surface area contributed by atoms with Gasteiger partial charge in [-0.1, -0.05) is 0 Å². The first-order valence-electron chi connectivity index (χ1n) is 4.25. The van der Waals surface area contributed by atoms with Crippen molar-refractivity contribution in [1.29, 1.82) is 5.26 Å². The SMILES string of the molecule is N#Cc1cc(N)cc(OC2CC2)c1.